The van der Waals surface area contributed by atoms with Crippen molar-refractivity contribution in [2.24, 2.45) is 0 Å². The van der Waals surface area contributed by atoms with Crippen LogP contribution in [0.5, 0.6) is 0 Å². The first-order chi connectivity index (χ1) is 9.54. The zero-order chi connectivity index (χ0) is 14.5. The second-order valence-electron chi connectivity index (χ2n) is 4.60. The van der Waals surface area contributed by atoms with E-state index in [0.29, 0.717) is 17.5 Å². The summed E-state index contributed by atoms with van der Waals surface area (Å²) in [7, 11) is 0. The summed E-state index contributed by atoms with van der Waals surface area (Å²) >= 11 is 1.50. The lowest BCUT2D eigenvalue weighted by Gasteiger charge is -2.05. The highest BCUT2D eigenvalue weighted by atomic mass is 32.2. The molecule has 5 nitrogen and oxygen atoms in total. The third-order valence-electron chi connectivity index (χ3n) is 2.69. The third-order valence-corrected chi connectivity index (χ3v) is 3.85. The first-order valence-electron chi connectivity index (χ1n) is 6.27. The molecule has 1 N–H and O–H groups in total. The van der Waals surface area contributed by atoms with Crippen molar-refractivity contribution < 1.29 is 14.4 Å². The van der Waals surface area contributed by atoms with Gasteiger partial charge in [-0.1, -0.05) is 29.8 Å². The van der Waals surface area contributed by atoms with Crippen LogP contribution in [0.1, 0.15) is 24.7 Å². The molecular formula is C14H16N2O3S. The van der Waals surface area contributed by atoms with Gasteiger partial charge < -0.3 is 9.63 Å². The van der Waals surface area contributed by atoms with Crippen molar-refractivity contribution >= 4 is 17.7 Å². The number of carboxylic acids is 1. The number of rotatable bonds is 6. The van der Waals surface area contributed by atoms with Crippen LogP contribution in [0.15, 0.2) is 28.8 Å². The lowest BCUT2D eigenvalue weighted by Crippen LogP contribution is -2.06. The van der Waals surface area contributed by atoms with Crippen molar-refractivity contribution in [3.05, 3.63) is 35.7 Å². The molecule has 2 rings (SSSR count). The molecule has 0 aliphatic heterocycles. The standard InChI is InChI=1S/C14H16N2O3S/c1-9-4-3-5-11(6-9)14-15-12(16-19-14)8-20-10(2)7-13(17)18/h3-6,10H,7-8H2,1-2H3,(H,17,18). The van der Waals surface area contributed by atoms with Gasteiger partial charge in [0.05, 0.1) is 12.2 Å². The summed E-state index contributed by atoms with van der Waals surface area (Å²) in [5.74, 6) is 0.835. The van der Waals surface area contributed by atoms with Crippen LogP contribution in [0.25, 0.3) is 11.5 Å². The predicted octanol–water partition coefficient (Wildman–Crippen LogP) is 3.14. The number of aromatic nitrogens is 2. The van der Waals surface area contributed by atoms with Gasteiger partial charge in [0.2, 0.25) is 0 Å². The Labute approximate surface area is 121 Å². The molecule has 106 valence electrons. The summed E-state index contributed by atoms with van der Waals surface area (Å²) in [5.41, 5.74) is 2.03. The molecule has 2 aromatic rings. The van der Waals surface area contributed by atoms with Gasteiger partial charge in [0.1, 0.15) is 0 Å². The number of hydrogen-bond donors (Lipinski definition) is 1. The van der Waals surface area contributed by atoms with Crippen molar-refractivity contribution in [1.29, 1.82) is 0 Å². The Hall–Kier alpha value is -1.82. The van der Waals surface area contributed by atoms with E-state index in [1.165, 1.54) is 11.8 Å². The number of aryl methyl sites for hydroxylation is 1. The summed E-state index contributed by atoms with van der Waals surface area (Å²) < 4.78 is 5.23. The van der Waals surface area contributed by atoms with E-state index >= 15 is 0 Å². The van der Waals surface area contributed by atoms with Crippen molar-refractivity contribution in [3.8, 4) is 11.5 Å². The summed E-state index contributed by atoms with van der Waals surface area (Å²) in [5, 5.41) is 12.6. The number of carboxylic acid groups (broad SMARTS) is 1. The Bertz CT molecular complexity index is 598. The summed E-state index contributed by atoms with van der Waals surface area (Å²) in [6.07, 6.45) is 0.132. The molecule has 0 saturated heterocycles. The second kappa shape index (κ2) is 6.56. The molecule has 6 heteroatoms. The van der Waals surface area contributed by atoms with Crippen molar-refractivity contribution in [2.45, 2.75) is 31.3 Å². The van der Waals surface area contributed by atoms with E-state index in [1.807, 2.05) is 38.1 Å². The molecule has 20 heavy (non-hydrogen) atoms. The van der Waals surface area contributed by atoms with Crippen LogP contribution in [-0.4, -0.2) is 26.5 Å². The van der Waals surface area contributed by atoms with Crippen LogP contribution in [0.3, 0.4) is 0 Å². The molecule has 0 bridgehead atoms. The minimum absolute atomic E-state index is 0.0217. The quantitative estimate of drug-likeness (QED) is 0.881. The minimum Gasteiger partial charge on any atom is -0.481 e. The summed E-state index contributed by atoms with van der Waals surface area (Å²) in [6.45, 7) is 3.88. The number of benzene rings is 1. The van der Waals surface area contributed by atoms with Crippen LogP contribution in [0.4, 0.5) is 0 Å². The van der Waals surface area contributed by atoms with Gasteiger partial charge in [0, 0.05) is 10.8 Å². The molecule has 0 saturated carbocycles. The smallest absolute Gasteiger partial charge is 0.304 e. The Kier molecular flexibility index (Phi) is 4.79. The molecule has 1 aromatic carbocycles. The molecule has 1 atom stereocenters. The highest BCUT2D eigenvalue weighted by molar-refractivity contribution is 7.99. The van der Waals surface area contributed by atoms with E-state index in [2.05, 4.69) is 10.1 Å². The molecule has 0 spiro atoms. The van der Waals surface area contributed by atoms with Crippen LogP contribution in [-0.2, 0) is 10.5 Å². The number of carbonyl (C=O) groups is 1. The van der Waals surface area contributed by atoms with Gasteiger partial charge in [0.15, 0.2) is 5.82 Å². The Balaban J connectivity index is 1.97. The molecule has 1 unspecified atom stereocenters. The van der Waals surface area contributed by atoms with Gasteiger partial charge >= 0.3 is 5.97 Å². The van der Waals surface area contributed by atoms with E-state index in [0.717, 1.165) is 11.1 Å². The number of thioether (sulfide) groups is 1. The maximum absolute atomic E-state index is 10.6. The fourth-order valence-corrected chi connectivity index (χ4v) is 2.54. The Morgan fingerprint density at radius 1 is 1.50 bits per heavy atom. The monoisotopic (exact) mass is 292 g/mol. The largest absolute Gasteiger partial charge is 0.481 e. The third kappa shape index (κ3) is 4.09. The number of hydrogen-bond acceptors (Lipinski definition) is 5. The second-order valence-corrected chi connectivity index (χ2v) is 6.03. The fourth-order valence-electron chi connectivity index (χ4n) is 1.73. The average Bonchev–Trinajstić information content (AvgIpc) is 2.84. The normalized spacial score (nSPS) is 12.3. The number of nitrogens with zero attached hydrogens (tertiary/aromatic N) is 2. The molecular weight excluding hydrogens is 276 g/mol. The zero-order valence-corrected chi connectivity index (χ0v) is 12.2. The van der Waals surface area contributed by atoms with E-state index < -0.39 is 5.97 Å². The number of aliphatic carboxylic acids is 1. The Morgan fingerprint density at radius 3 is 3.00 bits per heavy atom. The Morgan fingerprint density at radius 2 is 2.30 bits per heavy atom. The molecule has 1 heterocycles. The maximum atomic E-state index is 10.6. The van der Waals surface area contributed by atoms with Gasteiger partial charge in [-0.15, -0.1) is 11.8 Å². The molecule has 0 fully saturated rings. The van der Waals surface area contributed by atoms with Crippen LogP contribution in [0, 0.1) is 6.92 Å². The summed E-state index contributed by atoms with van der Waals surface area (Å²) in [4.78, 5) is 14.9. The molecule has 0 amide bonds. The predicted molar refractivity (Wildman–Crippen MR) is 77.5 cm³/mol. The van der Waals surface area contributed by atoms with Gasteiger partial charge in [0.25, 0.3) is 5.89 Å². The lowest BCUT2D eigenvalue weighted by molar-refractivity contribution is -0.136. The topological polar surface area (TPSA) is 76.2 Å². The molecule has 0 radical (unpaired) electrons. The highest BCUT2D eigenvalue weighted by Gasteiger charge is 2.12. The minimum atomic E-state index is -0.793. The summed E-state index contributed by atoms with van der Waals surface area (Å²) in [6, 6.07) is 7.85. The van der Waals surface area contributed by atoms with E-state index in [9.17, 15) is 4.79 Å². The molecule has 0 aliphatic rings. The van der Waals surface area contributed by atoms with E-state index in [-0.39, 0.29) is 11.7 Å². The van der Waals surface area contributed by atoms with E-state index in [4.69, 9.17) is 9.63 Å². The fraction of sp³-hybridized carbons (Fsp3) is 0.357. The van der Waals surface area contributed by atoms with Crippen molar-refractivity contribution in [2.75, 3.05) is 0 Å². The van der Waals surface area contributed by atoms with Crippen molar-refractivity contribution in [1.82, 2.24) is 10.1 Å². The highest BCUT2D eigenvalue weighted by Crippen LogP contribution is 2.22. The van der Waals surface area contributed by atoms with Crippen molar-refractivity contribution in [3.63, 3.8) is 0 Å². The van der Waals surface area contributed by atoms with E-state index in [1.54, 1.807) is 0 Å². The van der Waals surface area contributed by atoms with Crippen LogP contribution in [0.2, 0.25) is 0 Å². The molecule has 1 aromatic heterocycles. The van der Waals surface area contributed by atoms with Gasteiger partial charge in [-0.25, -0.2) is 0 Å². The first-order valence-corrected chi connectivity index (χ1v) is 7.32. The lowest BCUT2D eigenvalue weighted by atomic mass is 10.1. The molecule has 0 aliphatic carbocycles. The first kappa shape index (κ1) is 14.6. The zero-order valence-electron chi connectivity index (χ0n) is 11.4. The van der Waals surface area contributed by atoms with Gasteiger partial charge in [-0.2, -0.15) is 4.98 Å². The maximum Gasteiger partial charge on any atom is 0.304 e. The van der Waals surface area contributed by atoms with Crippen LogP contribution >= 0.6 is 11.8 Å². The average molecular weight is 292 g/mol. The van der Waals surface area contributed by atoms with Gasteiger partial charge in [-0.3, -0.25) is 4.79 Å². The van der Waals surface area contributed by atoms with Crippen LogP contribution < -0.4 is 0 Å². The SMILES string of the molecule is Cc1cccc(-c2nc(CSC(C)CC(=O)O)no2)c1. The van der Waals surface area contributed by atoms with Gasteiger partial charge in [-0.05, 0) is 19.1 Å².